The van der Waals surface area contributed by atoms with Crippen molar-refractivity contribution in [3.05, 3.63) is 11.1 Å². The summed E-state index contributed by atoms with van der Waals surface area (Å²) < 4.78 is 0. The zero-order chi connectivity index (χ0) is 7.11. The lowest BCUT2D eigenvalue weighted by molar-refractivity contribution is -0.117. The maximum Gasteiger partial charge on any atom is 0.129 e. The molecule has 0 aromatic carbocycles. The number of halogens is 1. The van der Waals surface area contributed by atoms with Crippen LogP contribution in [-0.4, -0.2) is 5.78 Å². The number of rotatable bonds is 4. The van der Waals surface area contributed by atoms with Gasteiger partial charge in [0.2, 0.25) is 0 Å². The van der Waals surface area contributed by atoms with Gasteiger partial charge in [-0.2, -0.15) is 0 Å². The molecule has 0 saturated carbocycles. The Hall–Kier alpha value is -0.110. The zero-order valence-corrected chi connectivity index (χ0v) is 7.15. The molecule has 0 saturated heterocycles. The monoisotopic (exact) mass is 190 g/mol. The molecular formula is C7H11BrO. The van der Waals surface area contributed by atoms with E-state index in [9.17, 15) is 4.79 Å². The van der Waals surface area contributed by atoms with E-state index < -0.39 is 0 Å². The standard InChI is InChI=1S/C7H11BrO/c1-7(9)5-3-2-4-6-8/h4,6H,2-3,5H2,1H3. The van der Waals surface area contributed by atoms with Crippen LogP contribution >= 0.6 is 15.9 Å². The summed E-state index contributed by atoms with van der Waals surface area (Å²) in [4.78, 5) is 12.2. The van der Waals surface area contributed by atoms with Gasteiger partial charge in [0.1, 0.15) is 5.78 Å². The second-order valence-corrected chi connectivity index (χ2v) is 2.48. The molecule has 0 aliphatic carbocycles. The van der Waals surface area contributed by atoms with E-state index in [0.717, 1.165) is 12.8 Å². The Labute approximate surface area is 64.3 Å². The van der Waals surface area contributed by atoms with Gasteiger partial charge in [-0.1, -0.05) is 22.0 Å². The van der Waals surface area contributed by atoms with Crippen molar-refractivity contribution in [1.29, 1.82) is 0 Å². The van der Waals surface area contributed by atoms with Crippen LogP contribution in [0.1, 0.15) is 26.2 Å². The number of hydrogen-bond acceptors (Lipinski definition) is 1. The maximum atomic E-state index is 10.4. The molecular weight excluding hydrogens is 180 g/mol. The highest BCUT2D eigenvalue weighted by Crippen LogP contribution is 1.98. The summed E-state index contributed by atoms with van der Waals surface area (Å²) in [5.41, 5.74) is 0. The highest BCUT2D eigenvalue weighted by molar-refractivity contribution is 9.11. The second kappa shape index (κ2) is 6.02. The Morgan fingerprint density at radius 1 is 1.67 bits per heavy atom. The molecule has 2 heteroatoms. The summed E-state index contributed by atoms with van der Waals surface area (Å²) >= 11 is 3.15. The van der Waals surface area contributed by atoms with Crippen LogP contribution in [0.15, 0.2) is 11.1 Å². The topological polar surface area (TPSA) is 17.1 Å². The second-order valence-electron chi connectivity index (χ2n) is 1.96. The molecule has 0 rings (SSSR count). The maximum absolute atomic E-state index is 10.4. The molecule has 9 heavy (non-hydrogen) atoms. The first kappa shape index (κ1) is 8.89. The molecule has 0 N–H and O–H groups in total. The third-order valence-electron chi connectivity index (χ3n) is 0.989. The average molecular weight is 191 g/mol. The van der Waals surface area contributed by atoms with Crippen LogP contribution in [-0.2, 0) is 4.79 Å². The summed E-state index contributed by atoms with van der Waals surface area (Å²) in [6.07, 6.45) is 4.67. The van der Waals surface area contributed by atoms with Gasteiger partial charge in [-0.3, -0.25) is 0 Å². The van der Waals surface area contributed by atoms with Crippen molar-refractivity contribution in [2.75, 3.05) is 0 Å². The first-order valence-corrected chi connectivity index (χ1v) is 3.93. The summed E-state index contributed by atoms with van der Waals surface area (Å²) in [5.74, 6) is 0.276. The van der Waals surface area contributed by atoms with Gasteiger partial charge in [-0.25, -0.2) is 0 Å². The fraction of sp³-hybridized carbons (Fsp3) is 0.571. The summed E-state index contributed by atoms with van der Waals surface area (Å²) in [5, 5.41) is 0. The molecule has 0 bridgehead atoms. The first-order valence-electron chi connectivity index (χ1n) is 3.02. The lowest BCUT2D eigenvalue weighted by atomic mass is 10.2. The van der Waals surface area contributed by atoms with E-state index >= 15 is 0 Å². The van der Waals surface area contributed by atoms with Crippen molar-refractivity contribution in [2.24, 2.45) is 0 Å². The zero-order valence-electron chi connectivity index (χ0n) is 5.56. The third-order valence-corrected chi connectivity index (χ3v) is 1.36. The third kappa shape index (κ3) is 7.89. The van der Waals surface area contributed by atoms with Crippen molar-refractivity contribution in [3.63, 3.8) is 0 Å². The van der Waals surface area contributed by atoms with Gasteiger partial charge in [0.25, 0.3) is 0 Å². The van der Waals surface area contributed by atoms with Crippen molar-refractivity contribution in [3.8, 4) is 0 Å². The predicted octanol–water partition coefficient (Wildman–Crippen LogP) is 2.65. The van der Waals surface area contributed by atoms with Crippen molar-refractivity contribution >= 4 is 21.7 Å². The number of ketones is 1. The molecule has 0 radical (unpaired) electrons. The number of Topliss-reactive ketones (excluding diaryl/α,β-unsaturated/α-hetero) is 1. The normalized spacial score (nSPS) is 10.4. The van der Waals surface area contributed by atoms with Gasteiger partial charge >= 0.3 is 0 Å². The minimum Gasteiger partial charge on any atom is -0.300 e. The number of carbonyl (C=O) groups excluding carboxylic acids is 1. The quantitative estimate of drug-likeness (QED) is 0.624. The van der Waals surface area contributed by atoms with E-state index in [0.29, 0.717) is 6.42 Å². The number of unbranched alkanes of at least 4 members (excludes halogenated alkanes) is 1. The molecule has 0 aliphatic rings. The summed E-state index contributed by atoms with van der Waals surface area (Å²) in [6.45, 7) is 1.62. The number of carbonyl (C=O) groups is 1. The first-order chi connectivity index (χ1) is 4.27. The largest absolute Gasteiger partial charge is 0.300 e. The molecule has 52 valence electrons. The molecule has 0 atom stereocenters. The van der Waals surface area contributed by atoms with Crippen molar-refractivity contribution in [1.82, 2.24) is 0 Å². The SMILES string of the molecule is CC(=O)CCCC=CBr. The molecule has 0 fully saturated rings. The van der Waals surface area contributed by atoms with Gasteiger partial charge in [-0.15, -0.1) is 0 Å². The van der Waals surface area contributed by atoms with E-state index in [2.05, 4.69) is 15.9 Å². The number of hydrogen-bond donors (Lipinski definition) is 0. The fourth-order valence-corrected chi connectivity index (χ4v) is 0.796. The van der Waals surface area contributed by atoms with E-state index in [-0.39, 0.29) is 5.78 Å². The Balaban J connectivity index is 3.01. The minimum absolute atomic E-state index is 0.276. The molecule has 0 aromatic rings. The summed E-state index contributed by atoms with van der Waals surface area (Å²) in [7, 11) is 0. The average Bonchev–Trinajstić information content (AvgIpc) is 1.80. The summed E-state index contributed by atoms with van der Waals surface area (Å²) in [6, 6.07) is 0. The van der Waals surface area contributed by atoms with Gasteiger partial charge in [-0.05, 0) is 24.8 Å². The molecule has 0 heterocycles. The lowest BCUT2D eigenvalue weighted by Gasteiger charge is -1.88. The van der Waals surface area contributed by atoms with E-state index in [1.54, 1.807) is 6.92 Å². The molecule has 0 spiro atoms. The Morgan fingerprint density at radius 3 is 2.78 bits per heavy atom. The Kier molecular flexibility index (Phi) is 5.94. The van der Waals surface area contributed by atoms with E-state index in [1.807, 2.05) is 11.1 Å². The molecule has 0 aliphatic heterocycles. The molecule has 0 amide bonds. The van der Waals surface area contributed by atoms with Crippen LogP contribution in [0, 0.1) is 0 Å². The number of allylic oxidation sites excluding steroid dienone is 1. The van der Waals surface area contributed by atoms with Crippen molar-refractivity contribution < 1.29 is 4.79 Å². The molecule has 0 unspecified atom stereocenters. The highest BCUT2D eigenvalue weighted by Gasteiger charge is 1.89. The smallest absolute Gasteiger partial charge is 0.129 e. The lowest BCUT2D eigenvalue weighted by Crippen LogP contribution is -1.87. The predicted molar refractivity (Wildman–Crippen MR) is 42.6 cm³/mol. The van der Waals surface area contributed by atoms with Crippen LogP contribution in [0.4, 0.5) is 0 Å². The van der Waals surface area contributed by atoms with Crippen LogP contribution in [0.3, 0.4) is 0 Å². The van der Waals surface area contributed by atoms with Crippen LogP contribution in [0.25, 0.3) is 0 Å². The van der Waals surface area contributed by atoms with Crippen molar-refractivity contribution in [2.45, 2.75) is 26.2 Å². The van der Waals surface area contributed by atoms with E-state index in [4.69, 9.17) is 0 Å². The highest BCUT2D eigenvalue weighted by atomic mass is 79.9. The van der Waals surface area contributed by atoms with Gasteiger partial charge < -0.3 is 4.79 Å². The molecule has 0 aromatic heterocycles. The Bertz CT molecular complexity index is 107. The van der Waals surface area contributed by atoms with Gasteiger partial charge in [0.15, 0.2) is 0 Å². The Morgan fingerprint density at radius 2 is 2.33 bits per heavy atom. The minimum atomic E-state index is 0.276. The van der Waals surface area contributed by atoms with Gasteiger partial charge in [0.05, 0.1) is 0 Å². The fourth-order valence-electron chi connectivity index (χ4n) is 0.532. The van der Waals surface area contributed by atoms with Crippen LogP contribution < -0.4 is 0 Å². The van der Waals surface area contributed by atoms with Gasteiger partial charge in [0, 0.05) is 6.42 Å². The van der Waals surface area contributed by atoms with E-state index in [1.165, 1.54) is 0 Å². The molecule has 1 nitrogen and oxygen atoms in total. The van der Waals surface area contributed by atoms with Crippen LogP contribution in [0.5, 0.6) is 0 Å². The van der Waals surface area contributed by atoms with Crippen LogP contribution in [0.2, 0.25) is 0 Å².